The lowest BCUT2D eigenvalue weighted by Crippen LogP contribution is -2.56. The zero-order valence-corrected chi connectivity index (χ0v) is 17.7. The first-order valence-electron chi connectivity index (χ1n) is 10.2. The first-order valence-corrected chi connectivity index (χ1v) is 10.5. The Morgan fingerprint density at radius 3 is 2.45 bits per heavy atom. The third-order valence-electron chi connectivity index (χ3n) is 5.91. The normalized spacial score (nSPS) is 20.4. The number of imide groups is 1. The number of halogens is 1. The van der Waals surface area contributed by atoms with Crippen molar-refractivity contribution in [2.45, 2.75) is 25.7 Å². The number of rotatable bonds is 5. The van der Waals surface area contributed by atoms with E-state index in [2.05, 4.69) is 5.10 Å². The number of fused-ring (bicyclic) bond motifs is 1. The van der Waals surface area contributed by atoms with E-state index in [1.54, 1.807) is 17.0 Å². The van der Waals surface area contributed by atoms with Gasteiger partial charge < -0.3 is 10.6 Å². The first-order chi connectivity index (χ1) is 14.9. The lowest BCUT2D eigenvalue weighted by atomic mass is 9.73. The maximum Gasteiger partial charge on any atom is 0.342 e. The van der Waals surface area contributed by atoms with Crippen molar-refractivity contribution >= 4 is 35.2 Å². The van der Waals surface area contributed by atoms with Crippen LogP contribution in [-0.2, 0) is 22.4 Å². The molecule has 2 aliphatic rings. The molecule has 2 aromatic rings. The van der Waals surface area contributed by atoms with Crippen LogP contribution < -0.4 is 5.73 Å². The SMILES string of the molecule is NC(=O)N1N=C2CCN(C(=O)CCc3ccc(Cl)cc3)C[C@@]2(Cc2ccccc2)C1=O. The molecule has 0 radical (unpaired) electrons. The quantitative estimate of drug-likeness (QED) is 0.777. The number of hydrazone groups is 1. The topological polar surface area (TPSA) is 96.1 Å². The third kappa shape index (κ3) is 4.18. The van der Waals surface area contributed by atoms with E-state index < -0.39 is 17.4 Å². The number of nitrogens with two attached hydrogens (primary N) is 1. The smallest absolute Gasteiger partial charge is 0.342 e. The molecule has 2 aliphatic heterocycles. The van der Waals surface area contributed by atoms with E-state index in [9.17, 15) is 14.4 Å². The van der Waals surface area contributed by atoms with E-state index in [1.165, 1.54) is 0 Å². The van der Waals surface area contributed by atoms with Crippen molar-refractivity contribution in [3.05, 3.63) is 70.7 Å². The highest BCUT2D eigenvalue weighted by Gasteiger charge is 2.55. The predicted molar refractivity (Wildman–Crippen MR) is 117 cm³/mol. The summed E-state index contributed by atoms with van der Waals surface area (Å²) in [5, 5.41) is 5.63. The Hall–Kier alpha value is -3.19. The number of urea groups is 1. The molecule has 160 valence electrons. The summed E-state index contributed by atoms with van der Waals surface area (Å²) in [7, 11) is 0. The van der Waals surface area contributed by atoms with Gasteiger partial charge in [0.05, 0.1) is 5.71 Å². The fourth-order valence-electron chi connectivity index (χ4n) is 4.28. The zero-order chi connectivity index (χ0) is 22.0. The number of hydrogen-bond donors (Lipinski definition) is 1. The summed E-state index contributed by atoms with van der Waals surface area (Å²) >= 11 is 5.92. The molecule has 8 heteroatoms. The van der Waals surface area contributed by atoms with E-state index in [4.69, 9.17) is 17.3 Å². The lowest BCUT2D eigenvalue weighted by molar-refractivity contribution is -0.138. The van der Waals surface area contributed by atoms with Crippen LogP contribution in [0.15, 0.2) is 59.7 Å². The number of nitrogens with zero attached hydrogens (tertiary/aromatic N) is 3. The molecule has 2 N–H and O–H groups in total. The Balaban J connectivity index is 1.54. The minimum Gasteiger partial charge on any atom is -0.350 e. The molecular formula is C23H23ClN4O3. The van der Waals surface area contributed by atoms with E-state index in [1.807, 2.05) is 42.5 Å². The summed E-state index contributed by atoms with van der Waals surface area (Å²) in [5.74, 6) is -0.499. The lowest BCUT2D eigenvalue weighted by Gasteiger charge is -2.39. The Morgan fingerprint density at radius 1 is 1.06 bits per heavy atom. The van der Waals surface area contributed by atoms with Crippen LogP contribution in [0.25, 0.3) is 0 Å². The minimum atomic E-state index is -1.06. The Morgan fingerprint density at radius 2 is 1.77 bits per heavy atom. The van der Waals surface area contributed by atoms with Crippen LogP contribution in [-0.4, -0.2) is 46.6 Å². The number of piperidine rings is 1. The molecular weight excluding hydrogens is 416 g/mol. The third-order valence-corrected chi connectivity index (χ3v) is 6.16. The highest BCUT2D eigenvalue weighted by Crippen LogP contribution is 2.38. The molecule has 4 rings (SSSR count). The average molecular weight is 439 g/mol. The number of carbonyl (C=O) groups excluding carboxylic acids is 3. The number of amides is 4. The maximum absolute atomic E-state index is 13.2. The van der Waals surface area contributed by atoms with Crippen LogP contribution in [0.5, 0.6) is 0 Å². The molecule has 0 spiro atoms. The molecule has 1 saturated heterocycles. The molecule has 0 aliphatic carbocycles. The van der Waals surface area contributed by atoms with Gasteiger partial charge in [-0.05, 0) is 36.1 Å². The fraction of sp³-hybridized carbons (Fsp3) is 0.304. The molecule has 1 fully saturated rings. The van der Waals surface area contributed by atoms with Crippen molar-refractivity contribution in [3.8, 4) is 0 Å². The molecule has 2 aromatic carbocycles. The average Bonchev–Trinajstić information content (AvgIpc) is 3.05. The van der Waals surface area contributed by atoms with Gasteiger partial charge >= 0.3 is 6.03 Å². The monoisotopic (exact) mass is 438 g/mol. The van der Waals surface area contributed by atoms with Gasteiger partial charge in [0, 0.05) is 31.0 Å². The second-order valence-corrected chi connectivity index (χ2v) is 8.37. The maximum atomic E-state index is 13.2. The zero-order valence-electron chi connectivity index (χ0n) is 17.0. The Kier molecular flexibility index (Phi) is 5.78. The van der Waals surface area contributed by atoms with Gasteiger partial charge in [-0.2, -0.15) is 5.10 Å². The van der Waals surface area contributed by atoms with Crippen molar-refractivity contribution in [3.63, 3.8) is 0 Å². The van der Waals surface area contributed by atoms with Gasteiger partial charge in [-0.25, -0.2) is 4.79 Å². The van der Waals surface area contributed by atoms with Crippen molar-refractivity contribution in [2.75, 3.05) is 13.1 Å². The molecule has 2 heterocycles. The summed E-state index contributed by atoms with van der Waals surface area (Å²) in [5.41, 5.74) is 6.89. The molecule has 4 amide bonds. The van der Waals surface area contributed by atoms with Crippen LogP contribution >= 0.6 is 11.6 Å². The van der Waals surface area contributed by atoms with Crippen molar-refractivity contribution in [1.29, 1.82) is 0 Å². The molecule has 0 bridgehead atoms. The van der Waals surface area contributed by atoms with Gasteiger partial charge in [0.1, 0.15) is 5.41 Å². The van der Waals surface area contributed by atoms with E-state index >= 15 is 0 Å². The number of aryl methyl sites for hydroxylation is 1. The second-order valence-electron chi connectivity index (χ2n) is 7.94. The Bertz CT molecular complexity index is 1040. The van der Waals surface area contributed by atoms with Crippen LogP contribution in [0.2, 0.25) is 5.02 Å². The summed E-state index contributed by atoms with van der Waals surface area (Å²) in [6.07, 6.45) is 1.69. The van der Waals surface area contributed by atoms with Crippen molar-refractivity contribution in [1.82, 2.24) is 9.91 Å². The number of primary amides is 1. The van der Waals surface area contributed by atoms with Gasteiger partial charge in [-0.1, -0.05) is 54.1 Å². The highest BCUT2D eigenvalue weighted by atomic mass is 35.5. The molecule has 31 heavy (non-hydrogen) atoms. The van der Waals surface area contributed by atoms with Crippen molar-refractivity contribution < 1.29 is 14.4 Å². The predicted octanol–water partition coefficient (Wildman–Crippen LogP) is 3.01. The van der Waals surface area contributed by atoms with Gasteiger partial charge in [-0.3, -0.25) is 9.59 Å². The largest absolute Gasteiger partial charge is 0.350 e. The van der Waals surface area contributed by atoms with Gasteiger partial charge in [-0.15, -0.1) is 5.01 Å². The van der Waals surface area contributed by atoms with E-state index in [0.29, 0.717) is 43.0 Å². The summed E-state index contributed by atoms with van der Waals surface area (Å²) in [6, 6.07) is 16.0. The standard InChI is InChI=1S/C23H23ClN4O3/c24-18-9-6-16(7-10-18)8-11-20(29)27-13-12-19-23(15-27,14-17-4-2-1-3-5-17)21(30)28(26-19)22(25)31/h1-7,9-10H,8,11-15H2,(H2,25,31)/t23-/m1/s1. The van der Waals surface area contributed by atoms with Crippen LogP contribution in [0.4, 0.5) is 4.79 Å². The molecule has 0 saturated carbocycles. The summed E-state index contributed by atoms with van der Waals surface area (Å²) in [4.78, 5) is 39.7. The highest BCUT2D eigenvalue weighted by molar-refractivity contribution is 6.30. The number of carbonyl (C=O) groups is 3. The summed E-state index contributed by atoms with van der Waals surface area (Å²) < 4.78 is 0. The van der Waals surface area contributed by atoms with Crippen LogP contribution in [0.1, 0.15) is 24.0 Å². The van der Waals surface area contributed by atoms with E-state index in [0.717, 1.165) is 16.1 Å². The van der Waals surface area contributed by atoms with Crippen molar-refractivity contribution in [2.24, 2.45) is 16.3 Å². The molecule has 0 aromatic heterocycles. The first kappa shape index (κ1) is 21.1. The molecule has 1 atom stereocenters. The van der Waals surface area contributed by atoms with Gasteiger partial charge in [0.2, 0.25) is 5.91 Å². The van der Waals surface area contributed by atoms with Crippen LogP contribution in [0, 0.1) is 5.41 Å². The van der Waals surface area contributed by atoms with Gasteiger partial charge in [0.15, 0.2) is 0 Å². The molecule has 7 nitrogen and oxygen atoms in total. The number of hydrogen-bond acceptors (Lipinski definition) is 4. The second kappa shape index (κ2) is 8.51. The minimum absolute atomic E-state index is 0.0354. The van der Waals surface area contributed by atoms with Crippen LogP contribution in [0.3, 0.4) is 0 Å². The Labute approximate surface area is 185 Å². The number of likely N-dealkylation sites (tertiary alicyclic amines) is 1. The molecule has 0 unspecified atom stereocenters. The van der Waals surface area contributed by atoms with E-state index in [-0.39, 0.29) is 12.5 Å². The number of benzene rings is 2. The summed E-state index contributed by atoms with van der Waals surface area (Å²) in [6.45, 7) is 0.636. The fourth-order valence-corrected chi connectivity index (χ4v) is 4.41. The van der Waals surface area contributed by atoms with Gasteiger partial charge in [0.25, 0.3) is 5.91 Å².